The van der Waals surface area contributed by atoms with Crippen molar-refractivity contribution in [1.82, 2.24) is 0 Å². The Morgan fingerprint density at radius 1 is 1.12 bits per heavy atom. The van der Waals surface area contributed by atoms with E-state index in [0.29, 0.717) is 11.3 Å². The number of hydrogen-bond donors (Lipinski definition) is 2. The number of hydrogen-bond acceptors (Lipinski definition) is 7. The fourth-order valence-corrected chi connectivity index (χ4v) is 5.11. The molecule has 9 nitrogen and oxygen atoms in total. The van der Waals surface area contributed by atoms with Crippen molar-refractivity contribution in [3.05, 3.63) is 81.4 Å². The Kier molecular flexibility index (Phi) is 6.92. The number of non-ortho nitro benzene ring substituents is 1. The minimum atomic E-state index is -4.17. The zero-order valence-electron chi connectivity index (χ0n) is 19.0. The summed E-state index contributed by atoms with van der Waals surface area (Å²) in [5, 5.41) is 24.6. The van der Waals surface area contributed by atoms with Crippen LogP contribution in [0.1, 0.15) is 41.3 Å². The molecule has 3 rings (SSSR count). The van der Waals surface area contributed by atoms with Gasteiger partial charge < -0.3 is 15.2 Å². The van der Waals surface area contributed by atoms with Crippen LogP contribution in [0.5, 0.6) is 11.5 Å². The quantitative estimate of drug-likeness (QED) is 0.279. The molecule has 34 heavy (non-hydrogen) atoms. The first-order valence-corrected chi connectivity index (χ1v) is 11.8. The standard InChI is InChI=1S/C24H24N2O7S/c1-14(2)20-13-21(25-24(28)16-6-5-7-17(12-16)26(29)30)15(3)23(22(20)27)34(31,32)19-10-8-18(33-4)9-11-19/h5-14,27H,1-4H3,(H,25,28). The second-order valence-electron chi connectivity index (χ2n) is 7.91. The van der Waals surface area contributed by atoms with Crippen LogP contribution in [0.15, 0.2) is 64.4 Å². The molecule has 0 unspecified atom stereocenters. The number of sulfone groups is 1. The zero-order chi connectivity index (χ0) is 25.2. The number of phenolic OH excluding ortho intramolecular Hbond substituents is 1. The monoisotopic (exact) mass is 484 g/mol. The summed E-state index contributed by atoms with van der Waals surface area (Å²) in [6.07, 6.45) is 0. The van der Waals surface area contributed by atoms with Gasteiger partial charge in [-0.1, -0.05) is 19.9 Å². The molecule has 3 aromatic rings. The van der Waals surface area contributed by atoms with Crippen LogP contribution in [0.25, 0.3) is 0 Å². The molecular weight excluding hydrogens is 460 g/mol. The number of carbonyl (C=O) groups is 1. The Hall–Kier alpha value is -3.92. The minimum absolute atomic E-state index is 0.0346. The SMILES string of the molecule is COc1ccc(S(=O)(=O)c2c(C)c(NC(=O)c3cccc([N+](=O)[O-])c3)cc(C(C)C)c2O)cc1. The van der Waals surface area contributed by atoms with Gasteiger partial charge in [0.05, 0.1) is 16.9 Å². The van der Waals surface area contributed by atoms with E-state index in [2.05, 4.69) is 5.32 Å². The number of benzene rings is 3. The highest BCUT2D eigenvalue weighted by Crippen LogP contribution is 2.41. The fraction of sp³-hybridized carbons (Fsp3) is 0.208. The lowest BCUT2D eigenvalue weighted by Crippen LogP contribution is -2.15. The summed E-state index contributed by atoms with van der Waals surface area (Å²) in [6, 6.07) is 12.4. The highest BCUT2D eigenvalue weighted by Gasteiger charge is 2.29. The maximum atomic E-state index is 13.5. The Labute approximate surface area is 197 Å². The Bertz CT molecular complexity index is 1360. The third kappa shape index (κ3) is 4.72. The number of amides is 1. The number of phenols is 1. The van der Waals surface area contributed by atoms with E-state index in [9.17, 15) is 28.4 Å². The van der Waals surface area contributed by atoms with E-state index in [4.69, 9.17) is 4.74 Å². The van der Waals surface area contributed by atoms with Gasteiger partial charge in [0, 0.05) is 23.4 Å². The van der Waals surface area contributed by atoms with E-state index in [1.165, 1.54) is 62.6 Å². The van der Waals surface area contributed by atoms with Gasteiger partial charge in [0.2, 0.25) is 9.84 Å². The smallest absolute Gasteiger partial charge is 0.270 e. The average Bonchev–Trinajstić information content (AvgIpc) is 2.80. The summed E-state index contributed by atoms with van der Waals surface area (Å²) in [7, 11) is -2.71. The first kappa shape index (κ1) is 24.7. The lowest BCUT2D eigenvalue weighted by molar-refractivity contribution is -0.384. The van der Waals surface area contributed by atoms with Gasteiger partial charge in [0.1, 0.15) is 16.4 Å². The number of nitro benzene ring substituents is 1. The van der Waals surface area contributed by atoms with Crippen LogP contribution in [-0.4, -0.2) is 31.5 Å². The van der Waals surface area contributed by atoms with Crippen molar-refractivity contribution in [2.75, 3.05) is 12.4 Å². The third-order valence-corrected chi connectivity index (χ3v) is 7.29. The van der Waals surface area contributed by atoms with E-state index >= 15 is 0 Å². The van der Waals surface area contributed by atoms with E-state index in [1.54, 1.807) is 13.8 Å². The molecule has 10 heteroatoms. The van der Waals surface area contributed by atoms with Crippen LogP contribution in [0.4, 0.5) is 11.4 Å². The van der Waals surface area contributed by atoms with Crippen molar-refractivity contribution in [2.24, 2.45) is 0 Å². The van der Waals surface area contributed by atoms with Gasteiger partial charge >= 0.3 is 0 Å². The molecule has 178 valence electrons. The molecule has 0 aliphatic carbocycles. The number of anilines is 1. The van der Waals surface area contributed by atoms with Crippen molar-refractivity contribution in [3.8, 4) is 11.5 Å². The zero-order valence-corrected chi connectivity index (χ0v) is 19.8. The van der Waals surface area contributed by atoms with E-state index < -0.39 is 26.4 Å². The van der Waals surface area contributed by atoms with Crippen LogP contribution in [-0.2, 0) is 9.84 Å². The fourth-order valence-electron chi connectivity index (χ4n) is 3.49. The molecule has 0 bridgehead atoms. The number of aromatic hydroxyl groups is 1. The summed E-state index contributed by atoms with van der Waals surface area (Å²) in [5.41, 5.74) is 0.418. The summed E-state index contributed by atoms with van der Waals surface area (Å²) in [4.78, 5) is 22.9. The summed E-state index contributed by atoms with van der Waals surface area (Å²) in [5.74, 6) is -0.837. The number of rotatable bonds is 7. The number of nitrogens with zero attached hydrogens (tertiary/aromatic N) is 1. The molecule has 3 aromatic carbocycles. The minimum Gasteiger partial charge on any atom is -0.506 e. The predicted octanol–water partition coefficient (Wildman–Crippen LogP) is 4.83. The van der Waals surface area contributed by atoms with Gasteiger partial charge in [-0.2, -0.15) is 0 Å². The van der Waals surface area contributed by atoms with E-state index in [1.807, 2.05) is 0 Å². The van der Waals surface area contributed by atoms with Crippen molar-refractivity contribution in [1.29, 1.82) is 0 Å². The van der Waals surface area contributed by atoms with Crippen LogP contribution in [0.3, 0.4) is 0 Å². The highest BCUT2D eigenvalue weighted by atomic mass is 32.2. The molecule has 0 aliphatic rings. The highest BCUT2D eigenvalue weighted by molar-refractivity contribution is 7.91. The summed E-state index contributed by atoms with van der Waals surface area (Å²) < 4.78 is 32.1. The molecule has 0 fully saturated rings. The van der Waals surface area contributed by atoms with Gasteiger partial charge in [0.15, 0.2) is 0 Å². The predicted molar refractivity (Wildman–Crippen MR) is 126 cm³/mol. The molecule has 0 atom stereocenters. The molecule has 0 aromatic heterocycles. The van der Waals surface area contributed by atoms with Crippen LogP contribution < -0.4 is 10.1 Å². The first-order valence-electron chi connectivity index (χ1n) is 10.3. The third-order valence-electron chi connectivity index (χ3n) is 5.36. The Balaban J connectivity index is 2.14. The van der Waals surface area contributed by atoms with Gasteiger partial charge in [0.25, 0.3) is 11.6 Å². The van der Waals surface area contributed by atoms with Crippen molar-refractivity contribution >= 4 is 27.1 Å². The van der Waals surface area contributed by atoms with Gasteiger partial charge in [-0.3, -0.25) is 14.9 Å². The summed E-state index contributed by atoms with van der Waals surface area (Å²) in [6.45, 7) is 5.03. The molecule has 1 amide bonds. The average molecular weight is 485 g/mol. The molecular formula is C24H24N2O7S. The van der Waals surface area contributed by atoms with Crippen LogP contribution >= 0.6 is 0 Å². The number of nitro groups is 1. The maximum absolute atomic E-state index is 13.5. The molecule has 0 saturated heterocycles. The molecule has 2 N–H and O–H groups in total. The number of methoxy groups -OCH3 is 1. The largest absolute Gasteiger partial charge is 0.506 e. The molecule has 0 heterocycles. The maximum Gasteiger partial charge on any atom is 0.270 e. The number of nitrogens with one attached hydrogen (secondary N) is 1. The van der Waals surface area contributed by atoms with Gasteiger partial charge in [-0.05, 0) is 60.4 Å². The van der Waals surface area contributed by atoms with Gasteiger partial charge in [-0.15, -0.1) is 0 Å². The number of carbonyl (C=O) groups excluding carboxylic acids is 1. The molecule has 0 saturated carbocycles. The lowest BCUT2D eigenvalue weighted by atomic mass is 9.99. The van der Waals surface area contributed by atoms with E-state index in [0.717, 1.165) is 6.07 Å². The van der Waals surface area contributed by atoms with Crippen molar-refractivity contribution in [3.63, 3.8) is 0 Å². The lowest BCUT2D eigenvalue weighted by Gasteiger charge is -2.20. The molecule has 0 aliphatic heterocycles. The van der Waals surface area contributed by atoms with Gasteiger partial charge in [-0.25, -0.2) is 8.42 Å². The first-order chi connectivity index (χ1) is 16.0. The van der Waals surface area contributed by atoms with E-state index in [-0.39, 0.29) is 38.2 Å². The normalized spacial score (nSPS) is 11.3. The topological polar surface area (TPSA) is 136 Å². The Morgan fingerprint density at radius 2 is 1.76 bits per heavy atom. The second-order valence-corrected chi connectivity index (χ2v) is 9.80. The molecule has 0 spiro atoms. The van der Waals surface area contributed by atoms with Crippen LogP contribution in [0, 0.1) is 17.0 Å². The van der Waals surface area contributed by atoms with Crippen LogP contribution in [0.2, 0.25) is 0 Å². The molecule has 0 radical (unpaired) electrons. The Morgan fingerprint density at radius 3 is 2.32 bits per heavy atom. The second kappa shape index (κ2) is 9.52. The van der Waals surface area contributed by atoms with Crippen molar-refractivity contribution < 1.29 is 28.0 Å². The summed E-state index contributed by atoms with van der Waals surface area (Å²) >= 11 is 0. The van der Waals surface area contributed by atoms with Crippen molar-refractivity contribution in [2.45, 2.75) is 36.5 Å². The number of ether oxygens (including phenoxy) is 1.